The van der Waals surface area contributed by atoms with Crippen molar-refractivity contribution in [2.24, 2.45) is 0 Å². The fourth-order valence-electron chi connectivity index (χ4n) is 6.52. The fraction of sp³-hybridized carbons (Fsp3) is 0.810. The molecule has 0 radical (unpaired) electrons. The van der Waals surface area contributed by atoms with Gasteiger partial charge in [-0.3, -0.25) is 0 Å². The summed E-state index contributed by atoms with van der Waals surface area (Å²) in [5, 5.41) is 0. The summed E-state index contributed by atoms with van der Waals surface area (Å²) in [6, 6.07) is 6.83. The molecular weight excluding hydrogens is 596 g/mol. The number of quaternary nitrogens is 2. The first-order valence-corrected chi connectivity index (χ1v) is 20.2. The van der Waals surface area contributed by atoms with Gasteiger partial charge < -0.3 is 18.4 Å². The Labute approximate surface area is 297 Å². The molecule has 0 heterocycles. The molecule has 6 heteroatoms. The number of esters is 2. The van der Waals surface area contributed by atoms with Gasteiger partial charge in [0.25, 0.3) is 0 Å². The summed E-state index contributed by atoms with van der Waals surface area (Å²) in [5.41, 5.74) is 0. The molecular formula is C42H78N2O4+2. The molecule has 48 heavy (non-hydrogen) atoms. The van der Waals surface area contributed by atoms with E-state index < -0.39 is 0 Å². The number of carbonyl (C=O) groups is 2. The third-order valence-corrected chi connectivity index (χ3v) is 9.64. The van der Waals surface area contributed by atoms with Crippen molar-refractivity contribution in [3.8, 4) is 11.5 Å². The number of carbonyl (C=O) groups excluding carboxylic acids is 2. The molecule has 0 bridgehead atoms. The summed E-state index contributed by atoms with van der Waals surface area (Å²) in [6.07, 6.45) is 32.0. The van der Waals surface area contributed by atoms with E-state index in [9.17, 15) is 9.59 Å². The molecule has 0 aliphatic heterocycles. The van der Waals surface area contributed by atoms with E-state index in [1.54, 1.807) is 24.3 Å². The van der Waals surface area contributed by atoms with Crippen LogP contribution in [-0.2, 0) is 9.59 Å². The van der Waals surface area contributed by atoms with Crippen LogP contribution in [0.5, 0.6) is 11.5 Å². The second-order valence-corrected chi connectivity index (χ2v) is 15.8. The first-order valence-electron chi connectivity index (χ1n) is 20.2. The zero-order valence-electron chi connectivity index (χ0n) is 32.6. The lowest BCUT2D eigenvalue weighted by molar-refractivity contribution is -0.883. The van der Waals surface area contributed by atoms with Crippen LogP contribution in [-0.4, -0.2) is 75.3 Å². The largest absolute Gasteiger partial charge is 0.422 e. The summed E-state index contributed by atoms with van der Waals surface area (Å²) < 4.78 is 12.5. The van der Waals surface area contributed by atoms with Gasteiger partial charge in [0.15, 0.2) is 13.1 Å². The highest BCUT2D eigenvalue weighted by atomic mass is 16.5. The van der Waals surface area contributed by atoms with Crippen LogP contribution >= 0.6 is 0 Å². The van der Waals surface area contributed by atoms with Crippen LogP contribution in [0.4, 0.5) is 0 Å². The van der Waals surface area contributed by atoms with E-state index in [4.69, 9.17) is 9.47 Å². The predicted molar refractivity (Wildman–Crippen MR) is 204 cm³/mol. The summed E-state index contributed by atoms with van der Waals surface area (Å²) in [4.78, 5) is 25.3. The van der Waals surface area contributed by atoms with Gasteiger partial charge in [-0.2, -0.15) is 0 Å². The number of ether oxygens (including phenoxy) is 2. The van der Waals surface area contributed by atoms with Gasteiger partial charge in [-0.05, 0) is 49.9 Å². The molecule has 1 aromatic rings. The van der Waals surface area contributed by atoms with Gasteiger partial charge in [0, 0.05) is 0 Å². The molecule has 0 aliphatic carbocycles. The van der Waals surface area contributed by atoms with E-state index in [2.05, 4.69) is 42.0 Å². The van der Waals surface area contributed by atoms with Crippen molar-refractivity contribution in [1.82, 2.24) is 0 Å². The van der Waals surface area contributed by atoms with Crippen LogP contribution < -0.4 is 9.47 Å². The molecule has 0 N–H and O–H groups in total. The van der Waals surface area contributed by atoms with E-state index in [1.807, 2.05) is 0 Å². The smallest absolute Gasteiger partial charge is 0.367 e. The quantitative estimate of drug-likeness (QED) is 0.0330. The van der Waals surface area contributed by atoms with E-state index in [0.717, 1.165) is 25.9 Å². The number of likely N-dealkylation sites (N-methyl/N-ethyl adjacent to an activating group) is 2. The third kappa shape index (κ3) is 26.0. The lowest BCUT2D eigenvalue weighted by Crippen LogP contribution is -2.45. The van der Waals surface area contributed by atoms with Gasteiger partial charge in [-0.1, -0.05) is 142 Å². The number of hydrogen-bond donors (Lipinski definition) is 0. The summed E-state index contributed by atoms with van der Waals surface area (Å²) in [5.74, 6) is 0.488. The first-order chi connectivity index (χ1) is 23.1. The molecule has 0 fully saturated rings. The SMILES string of the molecule is CCCCCCCCCCCCCC[N+](C)(C)CC(=O)Oc1ccc(OC(=O)C[N+](C)(C)CCCCCCCCCCCCCC)cc1. The van der Waals surface area contributed by atoms with Crippen LogP contribution in [0.1, 0.15) is 168 Å². The Balaban J connectivity index is 2.17. The number of unbranched alkanes of at least 4 members (excludes halogenated alkanes) is 22. The highest BCUT2D eigenvalue weighted by Crippen LogP contribution is 2.19. The molecule has 0 aliphatic rings. The summed E-state index contributed by atoms with van der Waals surface area (Å²) >= 11 is 0. The molecule has 278 valence electrons. The molecule has 1 aromatic carbocycles. The Morgan fingerprint density at radius 1 is 0.417 bits per heavy atom. The average molecular weight is 675 g/mol. The van der Waals surface area contributed by atoms with Gasteiger partial charge in [-0.15, -0.1) is 0 Å². The van der Waals surface area contributed by atoms with Crippen molar-refractivity contribution in [3.63, 3.8) is 0 Å². The van der Waals surface area contributed by atoms with Crippen LogP contribution in [0.25, 0.3) is 0 Å². The third-order valence-electron chi connectivity index (χ3n) is 9.64. The topological polar surface area (TPSA) is 52.6 Å². The van der Waals surface area contributed by atoms with Gasteiger partial charge in [0.1, 0.15) is 11.5 Å². The maximum absolute atomic E-state index is 12.7. The molecule has 0 spiro atoms. The minimum atomic E-state index is -0.236. The monoisotopic (exact) mass is 675 g/mol. The Morgan fingerprint density at radius 3 is 0.896 bits per heavy atom. The highest BCUT2D eigenvalue weighted by molar-refractivity contribution is 5.74. The molecule has 0 atom stereocenters. The molecule has 0 amide bonds. The lowest BCUT2D eigenvalue weighted by Gasteiger charge is -2.28. The predicted octanol–water partition coefficient (Wildman–Crippen LogP) is 11.1. The van der Waals surface area contributed by atoms with Crippen molar-refractivity contribution < 1.29 is 28.0 Å². The molecule has 0 aromatic heterocycles. The Hall–Kier alpha value is -1.92. The Bertz CT molecular complexity index is 853. The van der Waals surface area contributed by atoms with Crippen molar-refractivity contribution >= 4 is 11.9 Å². The zero-order chi connectivity index (χ0) is 35.4. The fourth-order valence-corrected chi connectivity index (χ4v) is 6.52. The first kappa shape index (κ1) is 44.1. The molecule has 0 unspecified atom stereocenters. The maximum Gasteiger partial charge on any atom is 0.367 e. The molecule has 1 rings (SSSR count). The Kier molecular flexibility index (Phi) is 25.6. The summed E-state index contributed by atoms with van der Waals surface area (Å²) in [7, 11) is 8.39. The average Bonchev–Trinajstić information content (AvgIpc) is 3.02. The summed E-state index contributed by atoms with van der Waals surface area (Å²) in [6.45, 7) is 7.15. The number of benzene rings is 1. The van der Waals surface area contributed by atoms with E-state index >= 15 is 0 Å². The van der Waals surface area contributed by atoms with Crippen LogP contribution in [0.2, 0.25) is 0 Å². The van der Waals surface area contributed by atoms with Crippen LogP contribution in [0.3, 0.4) is 0 Å². The van der Waals surface area contributed by atoms with Crippen LogP contribution in [0.15, 0.2) is 24.3 Å². The normalized spacial score (nSPS) is 12.0. The lowest BCUT2D eigenvalue weighted by atomic mass is 10.1. The number of nitrogens with zero attached hydrogens (tertiary/aromatic N) is 2. The van der Waals surface area contributed by atoms with E-state index in [1.165, 1.54) is 141 Å². The van der Waals surface area contributed by atoms with Crippen molar-refractivity contribution in [2.45, 2.75) is 168 Å². The maximum atomic E-state index is 12.7. The highest BCUT2D eigenvalue weighted by Gasteiger charge is 2.23. The van der Waals surface area contributed by atoms with Gasteiger partial charge in [0.05, 0.1) is 41.3 Å². The van der Waals surface area contributed by atoms with Gasteiger partial charge in [0.2, 0.25) is 0 Å². The van der Waals surface area contributed by atoms with Gasteiger partial charge >= 0.3 is 11.9 Å². The van der Waals surface area contributed by atoms with E-state index in [-0.39, 0.29) is 11.9 Å². The standard InChI is InChI=1S/C42H78N2O4/c1-7-9-11-13-15-17-19-21-23-25-27-29-35-43(3,4)37-41(45)47-39-31-33-40(34-32-39)48-42(46)38-44(5,6)36-30-28-26-24-22-20-18-16-14-12-10-8-2/h31-34H,7-30,35-38H2,1-6H3/q+2. The minimum Gasteiger partial charge on any atom is -0.422 e. The van der Waals surface area contributed by atoms with Crippen molar-refractivity contribution in [1.29, 1.82) is 0 Å². The number of hydrogen-bond acceptors (Lipinski definition) is 4. The van der Waals surface area contributed by atoms with Crippen molar-refractivity contribution in [3.05, 3.63) is 24.3 Å². The Morgan fingerprint density at radius 2 is 0.646 bits per heavy atom. The molecule has 6 nitrogen and oxygen atoms in total. The molecule has 0 saturated heterocycles. The van der Waals surface area contributed by atoms with Crippen molar-refractivity contribution in [2.75, 3.05) is 54.4 Å². The molecule has 0 saturated carbocycles. The van der Waals surface area contributed by atoms with E-state index in [0.29, 0.717) is 33.6 Å². The second kappa shape index (κ2) is 27.9. The minimum absolute atomic E-state index is 0.236. The van der Waals surface area contributed by atoms with Crippen LogP contribution in [0, 0.1) is 0 Å². The van der Waals surface area contributed by atoms with Gasteiger partial charge in [-0.25, -0.2) is 9.59 Å². The second-order valence-electron chi connectivity index (χ2n) is 15.8. The number of rotatable bonds is 32. The zero-order valence-corrected chi connectivity index (χ0v) is 32.6.